The van der Waals surface area contributed by atoms with E-state index in [1.807, 2.05) is 10.6 Å². The summed E-state index contributed by atoms with van der Waals surface area (Å²) in [6, 6.07) is 8.42. The summed E-state index contributed by atoms with van der Waals surface area (Å²) < 4.78 is 1.85. The van der Waals surface area contributed by atoms with Gasteiger partial charge < -0.3 is 0 Å². The minimum absolute atomic E-state index is 0.120. The fourth-order valence-corrected chi connectivity index (χ4v) is 6.08. The van der Waals surface area contributed by atoms with Gasteiger partial charge in [-0.1, -0.05) is 25.1 Å². The molecule has 2 aromatic rings. The molecule has 0 radical (unpaired) electrons. The molecule has 3 saturated carbocycles. The van der Waals surface area contributed by atoms with Gasteiger partial charge in [-0.25, -0.2) is 0 Å². The molecule has 1 aromatic heterocycles. The molecule has 0 spiro atoms. The van der Waals surface area contributed by atoms with Crippen LogP contribution in [-0.4, -0.2) is 10.5 Å². The first-order valence-corrected chi connectivity index (χ1v) is 8.24. The van der Waals surface area contributed by atoms with Gasteiger partial charge in [0.25, 0.3) is 0 Å². The molecule has 0 aliphatic heterocycles. The Hall–Kier alpha value is -1.57. The van der Waals surface area contributed by atoms with Crippen LogP contribution in [0.3, 0.4) is 0 Å². The molecule has 1 unspecified atom stereocenters. The van der Waals surface area contributed by atoms with Crippen LogP contribution >= 0.6 is 0 Å². The normalized spacial score (nSPS) is 39.7. The first-order chi connectivity index (χ1) is 10.1. The average molecular weight is 279 g/mol. The van der Waals surface area contributed by atoms with E-state index in [1.54, 1.807) is 6.92 Å². The number of aromatic nitrogens is 1. The predicted octanol–water partition coefficient (Wildman–Crippen LogP) is 4.24. The molecule has 21 heavy (non-hydrogen) atoms. The summed E-state index contributed by atoms with van der Waals surface area (Å²) in [5, 5.41) is 1.30. The Kier molecular flexibility index (Phi) is 2.06. The third-order valence-electron chi connectivity index (χ3n) is 6.82. The molecule has 0 saturated heterocycles. The van der Waals surface area contributed by atoms with Crippen molar-refractivity contribution in [3.63, 3.8) is 0 Å². The van der Waals surface area contributed by atoms with Crippen LogP contribution in [-0.2, 0) is 5.41 Å². The zero-order chi connectivity index (χ0) is 14.4. The van der Waals surface area contributed by atoms with E-state index in [-0.39, 0.29) is 5.91 Å². The maximum atomic E-state index is 12.0. The second-order valence-corrected chi connectivity index (χ2v) is 7.62. The molecule has 3 aliphatic rings. The molecule has 3 aliphatic carbocycles. The third-order valence-corrected chi connectivity index (χ3v) is 6.82. The number of hydrogen-bond donors (Lipinski definition) is 0. The van der Waals surface area contributed by atoms with Crippen LogP contribution < -0.4 is 0 Å². The van der Waals surface area contributed by atoms with Crippen molar-refractivity contribution in [1.82, 2.24) is 4.57 Å². The minimum atomic E-state index is 0.120. The summed E-state index contributed by atoms with van der Waals surface area (Å²) in [7, 11) is 0. The van der Waals surface area contributed by atoms with Crippen molar-refractivity contribution < 1.29 is 4.79 Å². The topological polar surface area (TPSA) is 22.0 Å². The van der Waals surface area contributed by atoms with Crippen LogP contribution in [0.25, 0.3) is 10.9 Å². The van der Waals surface area contributed by atoms with Crippen LogP contribution in [0.15, 0.2) is 30.5 Å². The SMILES string of the molecule is CC(=O)n1cc(C2(C)[C@@H]3[C@H]4CC[C@H](C4)[C@@H]32)c2ccccc21. The van der Waals surface area contributed by atoms with Crippen LogP contribution in [0.5, 0.6) is 0 Å². The number of para-hydroxylation sites is 1. The first kappa shape index (κ1) is 12.0. The van der Waals surface area contributed by atoms with E-state index >= 15 is 0 Å². The van der Waals surface area contributed by atoms with E-state index in [2.05, 4.69) is 31.3 Å². The highest BCUT2D eigenvalue weighted by atomic mass is 16.1. The van der Waals surface area contributed by atoms with Gasteiger partial charge in [0.15, 0.2) is 0 Å². The largest absolute Gasteiger partial charge is 0.287 e. The van der Waals surface area contributed by atoms with Crippen molar-refractivity contribution >= 4 is 16.8 Å². The first-order valence-electron chi connectivity index (χ1n) is 8.24. The van der Waals surface area contributed by atoms with Crippen LogP contribution in [0.1, 0.15) is 43.5 Å². The van der Waals surface area contributed by atoms with Gasteiger partial charge in [-0.3, -0.25) is 9.36 Å². The van der Waals surface area contributed by atoms with Crippen molar-refractivity contribution in [1.29, 1.82) is 0 Å². The molecular weight excluding hydrogens is 258 g/mol. The third kappa shape index (κ3) is 1.28. The van der Waals surface area contributed by atoms with E-state index in [0.717, 1.165) is 29.2 Å². The molecule has 5 rings (SSSR count). The monoisotopic (exact) mass is 279 g/mol. The van der Waals surface area contributed by atoms with E-state index in [4.69, 9.17) is 0 Å². The van der Waals surface area contributed by atoms with E-state index in [1.165, 1.54) is 30.2 Å². The molecule has 1 aromatic carbocycles. The van der Waals surface area contributed by atoms with Crippen LogP contribution in [0, 0.1) is 23.7 Å². The van der Waals surface area contributed by atoms with Crippen LogP contribution in [0.4, 0.5) is 0 Å². The van der Waals surface area contributed by atoms with Gasteiger partial charge in [0.05, 0.1) is 5.52 Å². The lowest BCUT2D eigenvalue weighted by Gasteiger charge is -2.18. The van der Waals surface area contributed by atoms with Gasteiger partial charge in [0, 0.05) is 23.9 Å². The molecule has 108 valence electrons. The molecule has 3 fully saturated rings. The highest BCUT2D eigenvalue weighted by Crippen LogP contribution is 2.76. The number of fused-ring (bicyclic) bond motifs is 6. The van der Waals surface area contributed by atoms with Gasteiger partial charge in [0.1, 0.15) is 0 Å². The summed E-state index contributed by atoms with van der Waals surface area (Å²) in [5.74, 6) is 3.77. The number of carbonyl (C=O) groups excluding carboxylic acids is 1. The number of benzene rings is 1. The number of hydrogen-bond acceptors (Lipinski definition) is 1. The zero-order valence-electron chi connectivity index (χ0n) is 12.7. The van der Waals surface area contributed by atoms with E-state index in [9.17, 15) is 4.79 Å². The van der Waals surface area contributed by atoms with Crippen molar-refractivity contribution in [2.75, 3.05) is 0 Å². The summed E-state index contributed by atoms with van der Waals surface area (Å²) >= 11 is 0. The lowest BCUT2D eigenvalue weighted by molar-refractivity contribution is 0.0941. The number of nitrogens with zero attached hydrogens (tertiary/aromatic N) is 1. The minimum Gasteiger partial charge on any atom is -0.287 e. The molecule has 0 amide bonds. The molecule has 2 bridgehead atoms. The maximum Gasteiger partial charge on any atom is 0.227 e. The smallest absolute Gasteiger partial charge is 0.227 e. The van der Waals surface area contributed by atoms with Gasteiger partial charge in [-0.2, -0.15) is 0 Å². The van der Waals surface area contributed by atoms with Gasteiger partial charge >= 0.3 is 0 Å². The summed E-state index contributed by atoms with van der Waals surface area (Å²) in [6.07, 6.45) is 6.49. The molecule has 1 heterocycles. The Morgan fingerprint density at radius 3 is 2.52 bits per heavy atom. The highest BCUT2D eigenvalue weighted by Gasteiger charge is 2.73. The quantitative estimate of drug-likeness (QED) is 0.765. The molecular formula is C19H21NO. The van der Waals surface area contributed by atoms with Crippen molar-refractivity contribution in [3.8, 4) is 0 Å². The lowest BCUT2D eigenvalue weighted by Crippen LogP contribution is -2.14. The van der Waals surface area contributed by atoms with Gasteiger partial charge in [0.2, 0.25) is 5.91 Å². The Labute approximate surface area is 125 Å². The predicted molar refractivity (Wildman–Crippen MR) is 83.4 cm³/mol. The van der Waals surface area contributed by atoms with Crippen molar-refractivity contribution in [3.05, 3.63) is 36.0 Å². The zero-order valence-corrected chi connectivity index (χ0v) is 12.7. The fourth-order valence-electron chi connectivity index (χ4n) is 6.08. The fraction of sp³-hybridized carbons (Fsp3) is 0.526. The van der Waals surface area contributed by atoms with Gasteiger partial charge in [-0.15, -0.1) is 0 Å². The Bertz CT molecular complexity index is 755. The molecule has 5 atom stereocenters. The molecule has 2 heteroatoms. The van der Waals surface area contributed by atoms with Gasteiger partial charge in [-0.05, 0) is 54.6 Å². The summed E-state index contributed by atoms with van der Waals surface area (Å²) in [5.41, 5.74) is 2.84. The van der Waals surface area contributed by atoms with Crippen molar-refractivity contribution in [2.24, 2.45) is 23.7 Å². The maximum absolute atomic E-state index is 12.0. The standard InChI is InChI=1S/C19H21NO/c1-11(21)20-10-15(14-5-3-4-6-16(14)20)19(2)17-12-7-8-13(9-12)18(17)19/h3-6,10,12-13,17-18H,7-9H2,1-2H3/t12-,13+,17+,18-,19?. The molecule has 2 nitrogen and oxygen atoms in total. The number of carbonyl (C=O) groups is 1. The average Bonchev–Trinajstić information content (AvgIpc) is 2.93. The summed E-state index contributed by atoms with van der Waals surface area (Å²) in [4.78, 5) is 12.0. The van der Waals surface area contributed by atoms with Crippen molar-refractivity contribution in [2.45, 2.75) is 38.5 Å². The lowest BCUT2D eigenvalue weighted by atomic mass is 9.85. The highest BCUT2D eigenvalue weighted by molar-refractivity contribution is 5.94. The Balaban J connectivity index is 1.71. The van der Waals surface area contributed by atoms with E-state index in [0.29, 0.717) is 5.41 Å². The second kappa shape index (κ2) is 3.60. The number of rotatable bonds is 1. The Morgan fingerprint density at radius 2 is 1.86 bits per heavy atom. The Morgan fingerprint density at radius 1 is 1.19 bits per heavy atom. The van der Waals surface area contributed by atoms with E-state index < -0.39 is 0 Å². The second-order valence-electron chi connectivity index (χ2n) is 7.62. The van der Waals surface area contributed by atoms with Crippen LogP contribution in [0.2, 0.25) is 0 Å². The summed E-state index contributed by atoms with van der Waals surface area (Å²) in [6.45, 7) is 4.12. The molecule has 0 N–H and O–H groups in total.